The lowest BCUT2D eigenvalue weighted by Gasteiger charge is -2.04. The van der Waals surface area contributed by atoms with Crippen molar-refractivity contribution >= 4 is 11.5 Å². The molecule has 0 spiro atoms. The van der Waals surface area contributed by atoms with Gasteiger partial charge in [-0.1, -0.05) is 13.0 Å². The summed E-state index contributed by atoms with van der Waals surface area (Å²) < 4.78 is 0. The van der Waals surface area contributed by atoms with Crippen LogP contribution in [0.15, 0.2) is 12.1 Å². The van der Waals surface area contributed by atoms with Crippen LogP contribution < -0.4 is 0 Å². The van der Waals surface area contributed by atoms with Crippen LogP contribution in [-0.4, -0.2) is 20.9 Å². The smallest absolute Gasteiger partial charge is 0.352 e. The SMILES string of the molecule is CCC(=O)Cc1ccc(O)c([N+](=O)[O-])c1O. The molecule has 0 amide bonds. The molecular formula is C10H11NO5. The summed E-state index contributed by atoms with van der Waals surface area (Å²) in [6.45, 7) is 1.66. The van der Waals surface area contributed by atoms with E-state index in [1.165, 1.54) is 6.07 Å². The van der Waals surface area contributed by atoms with Crippen LogP contribution in [0.25, 0.3) is 0 Å². The highest BCUT2D eigenvalue weighted by molar-refractivity contribution is 5.82. The number of carbonyl (C=O) groups is 1. The number of hydrogen-bond acceptors (Lipinski definition) is 5. The van der Waals surface area contributed by atoms with Gasteiger partial charge in [-0.15, -0.1) is 0 Å². The summed E-state index contributed by atoms with van der Waals surface area (Å²) in [6.07, 6.45) is 0.206. The Morgan fingerprint density at radius 3 is 2.56 bits per heavy atom. The van der Waals surface area contributed by atoms with Gasteiger partial charge in [0.1, 0.15) is 5.78 Å². The lowest BCUT2D eigenvalue weighted by Crippen LogP contribution is -2.02. The van der Waals surface area contributed by atoms with E-state index in [4.69, 9.17) is 0 Å². The third-order valence-electron chi connectivity index (χ3n) is 2.18. The molecule has 0 aliphatic heterocycles. The second-order valence-electron chi connectivity index (χ2n) is 3.27. The fourth-order valence-corrected chi connectivity index (χ4v) is 1.27. The molecule has 6 heteroatoms. The van der Waals surface area contributed by atoms with Gasteiger partial charge in [-0.25, -0.2) is 0 Å². The Kier molecular flexibility index (Phi) is 3.44. The van der Waals surface area contributed by atoms with Crippen molar-refractivity contribution in [3.63, 3.8) is 0 Å². The number of hydrogen-bond donors (Lipinski definition) is 2. The quantitative estimate of drug-likeness (QED) is 0.597. The molecule has 0 radical (unpaired) electrons. The summed E-state index contributed by atoms with van der Waals surface area (Å²) in [6, 6.07) is 2.39. The number of Topliss-reactive ketones (excluding diaryl/α,β-unsaturated/α-hetero) is 1. The van der Waals surface area contributed by atoms with Gasteiger partial charge in [-0.05, 0) is 6.07 Å². The molecule has 0 saturated heterocycles. The molecule has 0 bridgehead atoms. The number of aromatic hydroxyl groups is 2. The van der Waals surface area contributed by atoms with Gasteiger partial charge in [0.2, 0.25) is 5.75 Å². The standard InChI is InChI=1S/C10H11NO5/c1-2-7(12)5-6-3-4-8(13)9(10(6)14)11(15)16/h3-4,13-14H,2,5H2,1H3. The molecule has 86 valence electrons. The first-order valence-electron chi connectivity index (χ1n) is 4.67. The minimum atomic E-state index is -0.884. The van der Waals surface area contributed by atoms with Gasteiger partial charge in [-0.2, -0.15) is 0 Å². The van der Waals surface area contributed by atoms with Gasteiger partial charge in [0.15, 0.2) is 5.75 Å². The summed E-state index contributed by atoms with van der Waals surface area (Å²) >= 11 is 0. The van der Waals surface area contributed by atoms with Crippen molar-refractivity contribution in [2.45, 2.75) is 19.8 Å². The Hall–Kier alpha value is -2.11. The van der Waals surface area contributed by atoms with E-state index in [1.54, 1.807) is 6.92 Å². The van der Waals surface area contributed by atoms with Gasteiger partial charge in [0.25, 0.3) is 0 Å². The molecule has 1 rings (SSSR count). The second kappa shape index (κ2) is 4.61. The van der Waals surface area contributed by atoms with Crippen molar-refractivity contribution in [3.05, 3.63) is 27.8 Å². The fourth-order valence-electron chi connectivity index (χ4n) is 1.27. The largest absolute Gasteiger partial charge is 0.502 e. The second-order valence-corrected chi connectivity index (χ2v) is 3.27. The minimum absolute atomic E-state index is 0.0799. The van der Waals surface area contributed by atoms with Crippen LogP contribution in [0.3, 0.4) is 0 Å². The van der Waals surface area contributed by atoms with Crippen molar-refractivity contribution < 1.29 is 19.9 Å². The summed E-state index contributed by atoms with van der Waals surface area (Å²) in [4.78, 5) is 20.8. The third kappa shape index (κ3) is 2.28. The third-order valence-corrected chi connectivity index (χ3v) is 2.18. The number of rotatable bonds is 4. The molecule has 1 aromatic carbocycles. The maximum Gasteiger partial charge on any atom is 0.352 e. The van der Waals surface area contributed by atoms with E-state index in [0.717, 1.165) is 6.07 Å². The molecule has 0 saturated carbocycles. The number of benzene rings is 1. The summed E-state index contributed by atoms with van der Waals surface area (Å²) in [5.74, 6) is -1.41. The Labute approximate surface area is 91.3 Å². The van der Waals surface area contributed by atoms with E-state index in [0.29, 0.717) is 0 Å². The molecule has 0 aliphatic carbocycles. The zero-order valence-corrected chi connectivity index (χ0v) is 8.64. The van der Waals surface area contributed by atoms with Crippen molar-refractivity contribution in [2.24, 2.45) is 0 Å². The van der Waals surface area contributed by atoms with Crippen LogP contribution >= 0.6 is 0 Å². The molecule has 2 N–H and O–H groups in total. The van der Waals surface area contributed by atoms with Gasteiger partial charge in [0.05, 0.1) is 4.92 Å². The van der Waals surface area contributed by atoms with Crippen molar-refractivity contribution in [1.82, 2.24) is 0 Å². The molecule has 0 aromatic heterocycles. The average Bonchev–Trinajstić information content (AvgIpc) is 2.21. The number of nitro groups is 1. The highest BCUT2D eigenvalue weighted by Gasteiger charge is 2.23. The number of phenolic OH excluding ortho intramolecular Hbond substituents is 2. The van der Waals surface area contributed by atoms with Gasteiger partial charge in [-0.3, -0.25) is 14.9 Å². The zero-order chi connectivity index (χ0) is 12.3. The predicted molar refractivity (Wildman–Crippen MR) is 55.4 cm³/mol. The van der Waals surface area contributed by atoms with Crippen LogP contribution in [0.1, 0.15) is 18.9 Å². The van der Waals surface area contributed by atoms with Crippen molar-refractivity contribution in [2.75, 3.05) is 0 Å². The van der Waals surface area contributed by atoms with Crippen LogP contribution in [0, 0.1) is 10.1 Å². The maximum absolute atomic E-state index is 11.2. The molecular weight excluding hydrogens is 214 g/mol. The Balaban J connectivity index is 3.18. The number of nitro benzene ring substituents is 1. The summed E-state index contributed by atoms with van der Waals surface area (Å²) in [5.41, 5.74) is -0.613. The van der Waals surface area contributed by atoms with E-state index < -0.39 is 22.1 Å². The number of carbonyl (C=O) groups excluding carboxylic acids is 1. The predicted octanol–water partition coefficient (Wildman–Crippen LogP) is 1.53. The van der Waals surface area contributed by atoms with Gasteiger partial charge in [0, 0.05) is 18.4 Å². The molecule has 0 atom stereocenters. The molecule has 0 heterocycles. The molecule has 0 unspecified atom stereocenters. The van der Waals surface area contributed by atoms with Crippen LogP contribution in [-0.2, 0) is 11.2 Å². The Bertz CT molecular complexity index is 441. The van der Waals surface area contributed by atoms with E-state index in [-0.39, 0.29) is 24.2 Å². The molecule has 0 aliphatic rings. The fraction of sp³-hybridized carbons (Fsp3) is 0.300. The first-order valence-corrected chi connectivity index (χ1v) is 4.67. The first-order chi connectivity index (χ1) is 7.47. The lowest BCUT2D eigenvalue weighted by molar-refractivity contribution is -0.386. The van der Waals surface area contributed by atoms with E-state index in [9.17, 15) is 25.1 Å². The molecule has 6 nitrogen and oxygen atoms in total. The van der Waals surface area contributed by atoms with Gasteiger partial charge < -0.3 is 10.2 Å². The normalized spacial score (nSPS) is 10.1. The van der Waals surface area contributed by atoms with Gasteiger partial charge >= 0.3 is 5.69 Å². The lowest BCUT2D eigenvalue weighted by atomic mass is 10.1. The van der Waals surface area contributed by atoms with Crippen molar-refractivity contribution in [3.8, 4) is 11.5 Å². The molecule has 16 heavy (non-hydrogen) atoms. The number of phenols is 2. The highest BCUT2D eigenvalue weighted by Crippen LogP contribution is 2.37. The van der Waals surface area contributed by atoms with Crippen LogP contribution in [0.2, 0.25) is 0 Å². The highest BCUT2D eigenvalue weighted by atomic mass is 16.6. The van der Waals surface area contributed by atoms with Crippen LogP contribution in [0.4, 0.5) is 5.69 Å². The topological polar surface area (TPSA) is 101 Å². The Morgan fingerprint density at radius 2 is 2.06 bits per heavy atom. The monoisotopic (exact) mass is 225 g/mol. The summed E-state index contributed by atoms with van der Waals surface area (Å²) in [7, 11) is 0. The summed E-state index contributed by atoms with van der Waals surface area (Å²) in [5, 5.41) is 29.3. The average molecular weight is 225 g/mol. The molecule has 0 fully saturated rings. The van der Waals surface area contributed by atoms with E-state index >= 15 is 0 Å². The van der Waals surface area contributed by atoms with E-state index in [1.807, 2.05) is 0 Å². The number of ketones is 1. The van der Waals surface area contributed by atoms with Crippen molar-refractivity contribution in [1.29, 1.82) is 0 Å². The maximum atomic E-state index is 11.2. The molecule has 1 aromatic rings. The Morgan fingerprint density at radius 1 is 1.44 bits per heavy atom. The van der Waals surface area contributed by atoms with Crippen LogP contribution in [0.5, 0.6) is 11.5 Å². The first kappa shape index (κ1) is 12.0. The number of nitrogens with zero attached hydrogens (tertiary/aromatic N) is 1. The minimum Gasteiger partial charge on any atom is -0.502 e. The zero-order valence-electron chi connectivity index (χ0n) is 8.64. The van der Waals surface area contributed by atoms with E-state index in [2.05, 4.69) is 0 Å².